The van der Waals surface area contributed by atoms with Gasteiger partial charge in [0.1, 0.15) is 25.0 Å². The van der Waals surface area contributed by atoms with Gasteiger partial charge in [0.15, 0.2) is 0 Å². The van der Waals surface area contributed by atoms with Crippen LogP contribution in [0.5, 0.6) is 0 Å². The Labute approximate surface area is 96.0 Å². The van der Waals surface area contributed by atoms with Crippen molar-refractivity contribution < 1.29 is 9.53 Å². The van der Waals surface area contributed by atoms with Gasteiger partial charge < -0.3 is 4.74 Å². The molecule has 1 aliphatic rings. The second-order valence-corrected chi connectivity index (χ2v) is 3.42. The lowest BCUT2D eigenvalue weighted by Crippen LogP contribution is -2.26. The SMILES string of the molecule is CC.CC(=O)N(C)c1c(C)nc2n1COC2. The summed E-state index contributed by atoms with van der Waals surface area (Å²) in [7, 11) is 1.75. The predicted octanol–water partition coefficient (Wildman–Crippen LogP) is 1.69. The number of carbonyl (C=O) groups excluding carboxylic acids is 1. The average molecular weight is 225 g/mol. The Balaban J connectivity index is 0.000000606. The number of imidazole rings is 1. The van der Waals surface area contributed by atoms with E-state index >= 15 is 0 Å². The minimum absolute atomic E-state index is 0.00250. The van der Waals surface area contributed by atoms with E-state index in [1.54, 1.807) is 11.9 Å². The Morgan fingerprint density at radius 2 is 2.12 bits per heavy atom. The third-order valence-electron chi connectivity index (χ3n) is 2.43. The van der Waals surface area contributed by atoms with Crippen molar-refractivity contribution in [1.82, 2.24) is 9.55 Å². The zero-order chi connectivity index (χ0) is 12.3. The van der Waals surface area contributed by atoms with Crippen molar-refractivity contribution in [3.63, 3.8) is 0 Å². The maximum absolute atomic E-state index is 11.2. The molecule has 1 aromatic rings. The maximum Gasteiger partial charge on any atom is 0.224 e. The molecule has 0 spiro atoms. The Hall–Kier alpha value is -1.36. The van der Waals surface area contributed by atoms with Crippen LogP contribution in [0.3, 0.4) is 0 Å². The van der Waals surface area contributed by atoms with Crippen molar-refractivity contribution in [3.8, 4) is 0 Å². The summed E-state index contributed by atoms with van der Waals surface area (Å²) in [5.74, 6) is 1.73. The Bertz CT molecular complexity index is 385. The first-order valence-electron chi connectivity index (χ1n) is 5.49. The minimum atomic E-state index is 0.00250. The fourth-order valence-corrected chi connectivity index (χ4v) is 1.67. The molecule has 1 aliphatic heterocycles. The third kappa shape index (κ3) is 2.09. The molecule has 90 valence electrons. The molecule has 0 radical (unpaired) electrons. The van der Waals surface area contributed by atoms with E-state index in [2.05, 4.69) is 4.98 Å². The van der Waals surface area contributed by atoms with E-state index in [0.717, 1.165) is 17.3 Å². The zero-order valence-corrected chi connectivity index (χ0v) is 10.6. The third-order valence-corrected chi connectivity index (χ3v) is 2.43. The molecule has 0 fully saturated rings. The van der Waals surface area contributed by atoms with Crippen molar-refractivity contribution in [1.29, 1.82) is 0 Å². The molecule has 0 unspecified atom stereocenters. The highest BCUT2D eigenvalue weighted by atomic mass is 16.5. The van der Waals surface area contributed by atoms with Gasteiger partial charge in [-0.3, -0.25) is 14.3 Å². The number of amides is 1. The lowest BCUT2D eigenvalue weighted by atomic mass is 10.4. The van der Waals surface area contributed by atoms with E-state index < -0.39 is 0 Å². The zero-order valence-electron chi connectivity index (χ0n) is 10.6. The van der Waals surface area contributed by atoms with Crippen molar-refractivity contribution >= 4 is 11.7 Å². The second-order valence-electron chi connectivity index (χ2n) is 3.42. The predicted molar refractivity (Wildman–Crippen MR) is 62.2 cm³/mol. The van der Waals surface area contributed by atoms with Gasteiger partial charge in [-0.2, -0.15) is 0 Å². The average Bonchev–Trinajstić information content (AvgIpc) is 2.79. The van der Waals surface area contributed by atoms with Gasteiger partial charge in [-0.1, -0.05) is 13.8 Å². The topological polar surface area (TPSA) is 47.4 Å². The first-order chi connectivity index (χ1) is 7.61. The number of carbonyl (C=O) groups is 1. The van der Waals surface area contributed by atoms with E-state index in [9.17, 15) is 4.79 Å². The molecule has 1 aromatic heterocycles. The highest BCUT2D eigenvalue weighted by molar-refractivity contribution is 5.90. The summed E-state index contributed by atoms with van der Waals surface area (Å²) in [5.41, 5.74) is 0.876. The number of aryl methyl sites for hydroxylation is 1. The smallest absolute Gasteiger partial charge is 0.224 e. The summed E-state index contributed by atoms with van der Waals surface area (Å²) in [6.45, 7) is 8.46. The Morgan fingerprint density at radius 1 is 1.50 bits per heavy atom. The Morgan fingerprint density at radius 3 is 2.69 bits per heavy atom. The summed E-state index contributed by atoms with van der Waals surface area (Å²) in [6, 6.07) is 0. The molecule has 16 heavy (non-hydrogen) atoms. The highest BCUT2D eigenvalue weighted by Crippen LogP contribution is 2.25. The van der Waals surface area contributed by atoms with Crippen LogP contribution in [0.2, 0.25) is 0 Å². The van der Waals surface area contributed by atoms with Gasteiger partial charge in [0.2, 0.25) is 5.91 Å². The lowest BCUT2D eigenvalue weighted by molar-refractivity contribution is -0.116. The quantitative estimate of drug-likeness (QED) is 0.730. The molecule has 5 nitrogen and oxygen atoms in total. The number of fused-ring (bicyclic) bond motifs is 1. The van der Waals surface area contributed by atoms with E-state index in [1.807, 2.05) is 25.3 Å². The summed E-state index contributed by atoms with van der Waals surface area (Å²) < 4.78 is 7.17. The molecule has 0 saturated carbocycles. The molecule has 2 rings (SSSR count). The normalized spacial score (nSPS) is 12.8. The van der Waals surface area contributed by atoms with Gasteiger partial charge in [-0.25, -0.2) is 4.98 Å². The molecule has 1 amide bonds. The van der Waals surface area contributed by atoms with Crippen LogP contribution >= 0.6 is 0 Å². The standard InChI is InChI=1S/C9H13N3O2.C2H6/c1-6-9(11(3)7(2)13)12-5-14-4-8(12)10-6;1-2/h4-5H2,1-3H3;1-2H3. The molecule has 0 atom stereocenters. The first kappa shape index (κ1) is 12.7. The Kier molecular flexibility index (Phi) is 4.06. The fourth-order valence-electron chi connectivity index (χ4n) is 1.67. The summed E-state index contributed by atoms with van der Waals surface area (Å²) in [5, 5.41) is 0. The first-order valence-corrected chi connectivity index (χ1v) is 5.49. The number of hydrogen-bond acceptors (Lipinski definition) is 3. The van der Waals surface area contributed by atoms with Gasteiger partial charge >= 0.3 is 0 Å². The van der Waals surface area contributed by atoms with Gasteiger partial charge in [0.25, 0.3) is 0 Å². The minimum Gasteiger partial charge on any atom is -0.353 e. The number of ether oxygens (including phenoxy) is 1. The number of rotatable bonds is 1. The van der Waals surface area contributed by atoms with Crippen LogP contribution < -0.4 is 4.90 Å². The highest BCUT2D eigenvalue weighted by Gasteiger charge is 2.23. The number of aromatic nitrogens is 2. The molecule has 2 heterocycles. The van der Waals surface area contributed by atoms with Gasteiger partial charge in [-0.05, 0) is 6.92 Å². The van der Waals surface area contributed by atoms with E-state index in [-0.39, 0.29) is 5.91 Å². The van der Waals surface area contributed by atoms with Gasteiger partial charge in [0.05, 0.1) is 5.69 Å². The van der Waals surface area contributed by atoms with Crippen molar-refractivity contribution in [2.24, 2.45) is 0 Å². The number of hydrogen-bond donors (Lipinski definition) is 0. The monoisotopic (exact) mass is 225 g/mol. The molecule has 0 saturated heterocycles. The van der Waals surface area contributed by atoms with Crippen LogP contribution in [-0.4, -0.2) is 22.5 Å². The summed E-state index contributed by atoms with van der Waals surface area (Å²) in [4.78, 5) is 17.2. The van der Waals surface area contributed by atoms with Crippen molar-refractivity contribution in [3.05, 3.63) is 11.5 Å². The van der Waals surface area contributed by atoms with Crippen LogP contribution in [0.1, 0.15) is 32.3 Å². The molecule has 0 N–H and O–H groups in total. The molecular weight excluding hydrogens is 206 g/mol. The maximum atomic E-state index is 11.2. The second kappa shape index (κ2) is 5.12. The van der Waals surface area contributed by atoms with E-state index in [0.29, 0.717) is 13.3 Å². The van der Waals surface area contributed by atoms with Gasteiger partial charge in [-0.15, -0.1) is 0 Å². The molecule has 0 bridgehead atoms. The van der Waals surface area contributed by atoms with Crippen molar-refractivity contribution in [2.75, 3.05) is 11.9 Å². The summed E-state index contributed by atoms with van der Waals surface area (Å²) >= 11 is 0. The number of anilines is 1. The van der Waals surface area contributed by atoms with Crippen LogP contribution in [0, 0.1) is 6.92 Å². The van der Waals surface area contributed by atoms with Crippen LogP contribution in [0.15, 0.2) is 0 Å². The van der Waals surface area contributed by atoms with Crippen LogP contribution in [-0.2, 0) is 22.9 Å². The van der Waals surface area contributed by atoms with Crippen molar-refractivity contribution in [2.45, 2.75) is 41.0 Å². The van der Waals surface area contributed by atoms with E-state index in [1.165, 1.54) is 6.92 Å². The fraction of sp³-hybridized carbons (Fsp3) is 0.636. The van der Waals surface area contributed by atoms with Gasteiger partial charge in [0, 0.05) is 14.0 Å². The van der Waals surface area contributed by atoms with Crippen LogP contribution in [0.4, 0.5) is 5.82 Å². The molecule has 0 aromatic carbocycles. The van der Waals surface area contributed by atoms with E-state index in [4.69, 9.17) is 4.74 Å². The molecular formula is C11H19N3O2. The largest absolute Gasteiger partial charge is 0.353 e. The summed E-state index contributed by atoms with van der Waals surface area (Å²) in [6.07, 6.45) is 0. The van der Waals surface area contributed by atoms with Crippen LogP contribution in [0.25, 0.3) is 0 Å². The molecule has 0 aliphatic carbocycles. The molecule has 5 heteroatoms. The lowest BCUT2D eigenvalue weighted by Gasteiger charge is -2.16. The number of nitrogens with zero attached hydrogens (tertiary/aromatic N) is 3.